The molecule has 0 bridgehead atoms. The first-order valence-corrected chi connectivity index (χ1v) is 6.54. The molecule has 1 fully saturated rings. The summed E-state index contributed by atoms with van der Waals surface area (Å²) in [6.45, 7) is 0.534. The monoisotopic (exact) mass is 295 g/mol. The van der Waals surface area contributed by atoms with E-state index in [1.54, 1.807) is 6.21 Å². The van der Waals surface area contributed by atoms with Crippen molar-refractivity contribution in [1.29, 1.82) is 0 Å². The molecular formula is C14H12F3N3O. The fourth-order valence-electron chi connectivity index (χ4n) is 2.63. The van der Waals surface area contributed by atoms with Gasteiger partial charge in [-0.25, -0.2) is 13.2 Å². The normalized spacial score (nSPS) is 21.3. The van der Waals surface area contributed by atoms with Crippen molar-refractivity contribution in [2.24, 2.45) is 10.2 Å². The van der Waals surface area contributed by atoms with E-state index in [0.717, 1.165) is 11.8 Å². The van der Waals surface area contributed by atoms with E-state index < -0.39 is 23.4 Å². The van der Waals surface area contributed by atoms with Gasteiger partial charge in [0.1, 0.15) is 5.82 Å². The quantitative estimate of drug-likeness (QED) is 0.789. The number of amides is 1. The summed E-state index contributed by atoms with van der Waals surface area (Å²) < 4.78 is 40.3. The summed E-state index contributed by atoms with van der Waals surface area (Å²) in [6, 6.07) is 1.45. The van der Waals surface area contributed by atoms with Gasteiger partial charge in [0.05, 0.1) is 12.3 Å². The number of likely N-dealkylation sites (tertiary alicyclic amines) is 1. The lowest BCUT2D eigenvalue weighted by Crippen LogP contribution is -2.30. The van der Waals surface area contributed by atoms with Gasteiger partial charge in [0.25, 0.3) is 0 Å². The van der Waals surface area contributed by atoms with Gasteiger partial charge in [0, 0.05) is 37.6 Å². The van der Waals surface area contributed by atoms with E-state index in [4.69, 9.17) is 0 Å². The van der Waals surface area contributed by atoms with Crippen LogP contribution in [0.4, 0.5) is 13.2 Å². The van der Waals surface area contributed by atoms with Crippen molar-refractivity contribution >= 4 is 17.8 Å². The molecule has 0 aliphatic carbocycles. The number of rotatable bonds is 3. The second-order valence-corrected chi connectivity index (χ2v) is 5.13. The fourth-order valence-corrected chi connectivity index (χ4v) is 2.63. The minimum Gasteiger partial charge on any atom is -0.336 e. The van der Waals surface area contributed by atoms with E-state index in [2.05, 4.69) is 10.2 Å². The first kappa shape index (κ1) is 13.8. The smallest absolute Gasteiger partial charge is 0.223 e. The summed E-state index contributed by atoms with van der Waals surface area (Å²) in [6.07, 6.45) is 2.25. The Hall–Kier alpha value is -2.18. The maximum Gasteiger partial charge on any atom is 0.223 e. The van der Waals surface area contributed by atoms with Gasteiger partial charge in [-0.2, -0.15) is 10.2 Å². The van der Waals surface area contributed by atoms with Gasteiger partial charge in [-0.1, -0.05) is 0 Å². The molecule has 1 atom stereocenters. The van der Waals surface area contributed by atoms with Crippen LogP contribution in [0.25, 0.3) is 0 Å². The van der Waals surface area contributed by atoms with Crippen LogP contribution in [-0.4, -0.2) is 35.8 Å². The number of carbonyl (C=O) groups is 1. The molecule has 0 N–H and O–H groups in total. The molecule has 7 heteroatoms. The zero-order valence-electron chi connectivity index (χ0n) is 11.0. The van der Waals surface area contributed by atoms with Crippen LogP contribution in [0.2, 0.25) is 0 Å². The minimum atomic E-state index is -1.23. The van der Waals surface area contributed by atoms with Gasteiger partial charge >= 0.3 is 0 Å². The highest BCUT2D eigenvalue weighted by Crippen LogP contribution is 2.31. The molecule has 110 valence electrons. The third-order valence-corrected chi connectivity index (χ3v) is 3.66. The molecule has 21 heavy (non-hydrogen) atoms. The maximum absolute atomic E-state index is 13.8. The molecule has 1 unspecified atom stereocenters. The van der Waals surface area contributed by atoms with Crippen LogP contribution in [-0.2, 0) is 4.79 Å². The van der Waals surface area contributed by atoms with Crippen LogP contribution in [0.3, 0.4) is 0 Å². The molecule has 1 amide bonds. The third kappa shape index (κ3) is 2.68. The first-order valence-electron chi connectivity index (χ1n) is 6.54. The summed E-state index contributed by atoms with van der Waals surface area (Å²) >= 11 is 0. The lowest BCUT2D eigenvalue weighted by atomic mass is 9.97. The summed E-state index contributed by atoms with van der Waals surface area (Å²) in [4.78, 5) is 13.5. The van der Waals surface area contributed by atoms with Crippen LogP contribution in [0.1, 0.15) is 24.3 Å². The Kier molecular flexibility index (Phi) is 3.48. The predicted molar refractivity (Wildman–Crippen MR) is 70.8 cm³/mol. The van der Waals surface area contributed by atoms with Crippen molar-refractivity contribution in [1.82, 2.24) is 4.90 Å². The van der Waals surface area contributed by atoms with Gasteiger partial charge in [-0.3, -0.25) is 4.79 Å². The molecule has 2 aliphatic rings. The fraction of sp³-hybridized carbons (Fsp3) is 0.357. The Bertz CT molecular complexity index is 657. The number of carbonyl (C=O) groups excluding carboxylic acids is 1. The second kappa shape index (κ2) is 5.31. The lowest BCUT2D eigenvalue weighted by molar-refractivity contribution is -0.127. The highest BCUT2D eigenvalue weighted by Gasteiger charge is 2.33. The van der Waals surface area contributed by atoms with Crippen LogP contribution in [0.5, 0.6) is 0 Å². The minimum absolute atomic E-state index is 0.0357. The van der Waals surface area contributed by atoms with Crippen molar-refractivity contribution in [3.63, 3.8) is 0 Å². The van der Waals surface area contributed by atoms with E-state index in [-0.39, 0.29) is 24.4 Å². The van der Waals surface area contributed by atoms with Gasteiger partial charge in [-0.05, 0) is 11.6 Å². The molecule has 3 rings (SSSR count). The molecule has 0 saturated carbocycles. The Morgan fingerprint density at radius 3 is 2.81 bits per heavy atom. The van der Waals surface area contributed by atoms with Crippen LogP contribution in [0, 0.1) is 17.5 Å². The van der Waals surface area contributed by atoms with E-state index in [1.807, 2.05) is 0 Å². The molecule has 1 aromatic carbocycles. The van der Waals surface area contributed by atoms with Crippen molar-refractivity contribution in [2.75, 3.05) is 13.1 Å². The predicted octanol–water partition coefficient (Wildman–Crippen LogP) is 2.25. The molecule has 1 aromatic rings. The van der Waals surface area contributed by atoms with E-state index in [0.29, 0.717) is 19.0 Å². The van der Waals surface area contributed by atoms with E-state index in [9.17, 15) is 18.0 Å². The summed E-state index contributed by atoms with van der Waals surface area (Å²) in [5, 5.41) is 7.59. The maximum atomic E-state index is 13.8. The van der Waals surface area contributed by atoms with Crippen LogP contribution in [0.15, 0.2) is 22.3 Å². The van der Waals surface area contributed by atoms with Crippen molar-refractivity contribution < 1.29 is 18.0 Å². The average Bonchev–Trinajstić information content (AvgIpc) is 3.05. The zero-order chi connectivity index (χ0) is 15.0. The standard InChI is InChI=1S/C14H12F3N3O/c15-9-4-11(14(17)12(16)5-9)8-3-13(21)20(6-8)7-10-1-2-18-19-10/h2,4-5,8H,1,3,6-7H2. The molecule has 0 aromatic heterocycles. The topological polar surface area (TPSA) is 45.0 Å². The Balaban J connectivity index is 1.78. The number of benzene rings is 1. The van der Waals surface area contributed by atoms with Crippen molar-refractivity contribution in [2.45, 2.75) is 18.8 Å². The van der Waals surface area contributed by atoms with E-state index in [1.165, 1.54) is 4.90 Å². The van der Waals surface area contributed by atoms with Gasteiger partial charge in [0.2, 0.25) is 5.91 Å². The average molecular weight is 295 g/mol. The summed E-state index contributed by atoms with van der Waals surface area (Å²) in [5.41, 5.74) is 0.655. The number of hydrogen-bond acceptors (Lipinski definition) is 3. The largest absolute Gasteiger partial charge is 0.336 e. The first-order chi connectivity index (χ1) is 10.0. The summed E-state index contributed by atoms with van der Waals surface area (Å²) in [7, 11) is 0. The molecule has 2 heterocycles. The van der Waals surface area contributed by atoms with Crippen molar-refractivity contribution in [3.8, 4) is 0 Å². The highest BCUT2D eigenvalue weighted by atomic mass is 19.2. The number of hydrogen-bond donors (Lipinski definition) is 0. The zero-order valence-corrected chi connectivity index (χ0v) is 11.0. The molecular weight excluding hydrogens is 283 g/mol. The molecule has 0 spiro atoms. The molecule has 1 saturated heterocycles. The SMILES string of the molecule is O=C1CC(c2cc(F)cc(F)c2F)CN1CC1=NN=CC1. The van der Waals surface area contributed by atoms with Crippen molar-refractivity contribution in [3.05, 3.63) is 35.1 Å². The number of halogens is 3. The van der Waals surface area contributed by atoms with E-state index >= 15 is 0 Å². The molecule has 2 aliphatic heterocycles. The van der Waals surface area contributed by atoms with Crippen LogP contribution < -0.4 is 0 Å². The number of nitrogens with zero attached hydrogens (tertiary/aromatic N) is 3. The second-order valence-electron chi connectivity index (χ2n) is 5.13. The summed E-state index contributed by atoms with van der Waals surface area (Å²) in [5.74, 6) is -3.89. The highest BCUT2D eigenvalue weighted by molar-refractivity contribution is 6.01. The Morgan fingerprint density at radius 2 is 2.10 bits per heavy atom. The third-order valence-electron chi connectivity index (χ3n) is 3.66. The Labute approximate surface area is 119 Å². The van der Waals surface area contributed by atoms with Gasteiger partial charge < -0.3 is 4.90 Å². The lowest BCUT2D eigenvalue weighted by Gasteiger charge is -2.16. The molecule has 4 nitrogen and oxygen atoms in total. The Morgan fingerprint density at radius 1 is 1.29 bits per heavy atom. The van der Waals surface area contributed by atoms with Gasteiger partial charge in [-0.15, -0.1) is 0 Å². The van der Waals surface area contributed by atoms with Crippen LogP contribution >= 0.6 is 0 Å². The van der Waals surface area contributed by atoms with Gasteiger partial charge in [0.15, 0.2) is 11.6 Å². The molecule has 0 radical (unpaired) electrons.